The molecule has 0 unspecified atom stereocenters. The summed E-state index contributed by atoms with van der Waals surface area (Å²) in [6, 6.07) is 8.19. The second kappa shape index (κ2) is 8.17. The van der Waals surface area contributed by atoms with E-state index in [9.17, 15) is 19.8 Å². The van der Waals surface area contributed by atoms with E-state index in [0.717, 1.165) is 12.8 Å². The summed E-state index contributed by atoms with van der Waals surface area (Å²) in [7, 11) is 0. The fourth-order valence-electron chi connectivity index (χ4n) is 2.06. The number of carboxylic acids is 2. The number of rotatable bonds is 7. The normalized spacial score (nSPS) is 10.6. The van der Waals surface area contributed by atoms with Gasteiger partial charge in [0.25, 0.3) is 0 Å². The molecule has 0 radical (unpaired) electrons. The van der Waals surface area contributed by atoms with Gasteiger partial charge in [-0.25, -0.2) is 0 Å². The van der Waals surface area contributed by atoms with Crippen LogP contribution in [0.1, 0.15) is 38.2 Å². The topological polar surface area (TPSA) is 74.6 Å². The standard InChI is InChI=1S/C14H18O4.Mg.2H/c1-2-3-7-10-14(12(15)16,13(17)18)11-8-5-4-6-9-11;;;/h4-6,8-9H,2-3,7,10H2,1H3,(H,15,16)(H,17,18);;;. The summed E-state index contributed by atoms with van der Waals surface area (Å²) in [6.45, 7) is 1.99. The summed E-state index contributed by atoms with van der Waals surface area (Å²) >= 11 is 0. The lowest BCUT2D eigenvalue weighted by Gasteiger charge is -2.25. The van der Waals surface area contributed by atoms with Gasteiger partial charge in [-0.05, 0) is 12.0 Å². The minimum absolute atomic E-state index is 0. The fraction of sp³-hybridized carbons (Fsp3) is 0.429. The van der Waals surface area contributed by atoms with Gasteiger partial charge in [0, 0.05) is 0 Å². The van der Waals surface area contributed by atoms with Gasteiger partial charge in [0.2, 0.25) is 0 Å². The molecule has 0 aromatic heterocycles. The van der Waals surface area contributed by atoms with Gasteiger partial charge in [-0.2, -0.15) is 0 Å². The smallest absolute Gasteiger partial charge is 0.325 e. The molecule has 2 N–H and O–H groups in total. The summed E-state index contributed by atoms with van der Waals surface area (Å²) in [5.41, 5.74) is -1.49. The van der Waals surface area contributed by atoms with Crippen LogP contribution in [0.5, 0.6) is 0 Å². The molecule has 1 rings (SSSR count). The van der Waals surface area contributed by atoms with Crippen molar-refractivity contribution >= 4 is 35.0 Å². The summed E-state index contributed by atoms with van der Waals surface area (Å²) in [6.07, 6.45) is 2.46. The number of carbonyl (C=O) groups is 2. The lowest BCUT2D eigenvalue weighted by atomic mass is 9.76. The predicted octanol–water partition coefficient (Wildman–Crippen LogP) is 1.76. The zero-order chi connectivity index (χ0) is 13.6. The van der Waals surface area contributed by atoms with E-state index in [-0.39, 0.29) is 29.5 Å². The summed E-state index contributed by atoms with van der Waals surface area (Å²) in [5.74, 6) is -2.59. The third-order valence-electron chi connectivity index (χ3n) is 3.15. The highest BCUT2D eigenvalue weighted by Crippen LogP contribution is 2.31. The molecule has 0 saturated carbocycles. The minimum atomic E-state index is -1.82. The van der Waals surface area contributed by atoms with E-state index in [1.807, 2.05) is 6.92 Å². The second-order valence-corrected chi connectivity index (χ2v) is 4.34. The highest BCUT2D eigenvalue weighted by Gasteiger charge is 2.47. The maximum atomic E-state index is 11.5. The number of carboxylic acid groups (broad SMARTS) is 2. The van der Waals surface area contributed by atoms with Gasteiger partial charge in [0.1, 0.15) is 0 Å². The molecule has 0 bridgehead atoms. The van der Waals surface area contributed by atoms with Crippen LogP contribution < -0.4 is 0 Å². The van der Waals surface area contributed by atoms with Gasteiger partial charge < -0.3 is 10.2 Å². The molecular weight excluding hydrogens is 256 g/mol. The first-order valence-electron chi connectivity index (χ1n) is 6.08. The maximum Gasteiger partial charge on any atom is 0.325 e. The molecule has 0 aliphatic carbocycles. The summed E-state index contributed by atoms with van der Waals surface area (Å²) in [5, 5.41) is 18.7. The Labute approximate surface area is 129 Å². The highest BCUT2D eigenvalue weighted by atomic mass is 24.3. The Balaban J connectivity index is 0.00000324. The monoisotopic (exact) mass is 276 g/mol. The number of hydrogen-bond acceptors (Lipinski definition) is 2. The molecule has 0 aliphatic heterocycles. The molecule has 0 amide bonds. The van der Waals surface area contributed by atoms with Crippen molar-refractivity contribution < 1.29 is 19.8 Å². The first-order valence-corrected chi connectivity index (χ1v) is 6.08. The average molecular weight is 277 g/mol. The van der Waals surface area contributed by atoms with E-state index in [0.29, 0.717) is 12.0 Å². The van der Waals surface area contributed by atoms with Crippen molar-refractivity contribution in [2.24, 2.45) is 0 Å². The van der Waals surface area contributed by atoms with Crippen LogP contribution in [-0.4, -0.2) is 45.2 Å². The van der Waals surface area contributed by atoms with Crippen LogP contribution >= 0.6 is 0 Å². The van der Waals surface area contributed by atoms with Gasteiger partial charge >= 0.3 is 35.0 Å². The molecule has 4 nitrogen and oxygen atoms in total. The Bertz CT molecular complexity index is 403. The van der Waals surface area contributed by atoms with E-state index < -0.39 is 17.4 Å². The molecule has 0 aliphatic rings. The van der Waals surface area contributed by atoms with Crippen LogP contribution in [0.3, 0.4) is 0 Å². The van der Waals surface area contributed by atoms with Crippen LogP contribution in [0.2, 0.25) is 0 Å². The number of unbranched alkanes of at least 4 members (excludes halogenated alkanes) is 2. The molecule has 102 valence electrons. The molecule has 1 aromatic rings. The molecule has 19 heavy (non-hydrogen) atoms. The Morgan fingerprint density at radius 2 is 1.58 bits per heavy atom. The number of benzene rings is 1. The Morgan fingerprint density at radius 3 is 2.00 bits per heavy atom. The SMILES string of the molecule is CCCCCC(C(=O)O)(C(=O)O)c1ccccc1.[MgH2]. The lowest BCUT2D eigenvalue weighted by molar-refractivity contribution is -0.158. The largest absolute Gasteiger partial charge is 0.480 e. The van der Waals surface area contributed by atoms with Crippen molar-refractivity contribution in [3.63, 3.8) is 0 Å². The zero-order valence-electron chi connectivity index (χ0n) is 10.4. The van der Waals surface area contributed by atoms with Gasteiger partial charge in [-0.3, -0.25) is 9.59 Å². The molecule has 0 spiro atoms. The van der Waals surface area contributed by atoms with E-state index in [4.69, 9.17) is 0 Å². The molecule has 5 heteroatoms. The summed E-state index contributed by atoms with van der Waals surface area (Å²) in [4.78, 5) is 23.0. The van der Waals surface area contributed by atoms with Crippen LogP contribution in [0.25, 0.3) is 0 Å². The first kappa shape index (κ1) is 17.9. The van der Waals surface area contributed by atoms with E-state index >= 15 is 0 Å². The molecular formula is C14H20MgO4. The van der Waals surface area contributed by atoms with Crippen molar-refractivity contribution in [3.05, 3.63) is 35.9 Å². The van der Waals surface area contributed by atoms with Crippen molar-refractivity contribution in [2.75, 3.05) is 0 Å². The van der Waals surface area contributed by atoms with Gasteiger partial charge in [0.15, 0.2) is 5.41 Å². The fourth-order valence-corrected chi connectivity index (χ4v) is 2.06. The van der Waals surface area contributed by atoms with Crippen LogP contribution in [-0.2, 0) is 15.0 Å². The number of hydrogen-bond donors (Lipinski definition) is 2. The quantitative estimate of drug-likeness (QED) is 0.452. The zero-order valence-corrected chi connectivity index (χ0v) is 10.4. The molecule has 0 saturated heterocycles. The van der Waals surface area contributed by atoms with Crippen molar-refractivity contribution in [2.45, 2.75) is 38.0 Å². The number of aliphatic carboxylic acids is 2. The van der Waals surface area contributed by atoms with Crippen LogP contribution in [0.4, 0.5) is 0 Å². The van der Waals surface area contributed by atoms with Crippen molar-refractivity contribution in [1.82, 2.24) is 0 Å². The highest BCUT2D eigenvalue weighted by molar-refractivity contribution is 6.04. The average Bonchev–Trinajstić information content (AvgIpc) is 2.35. The minimum Gasteiger partial charge on any atom is -0.480 e. The summed E-state index contributed by atoms with van der Waals surface area (Å²) < 4.78 is 0. The van der Waals surface area contributed by atoms with E-state index in [2.05, 4.69) is 0 Å². The van der Waals surface area contributed by atoms with Gasteiger partial charge in [0.05, 0.1) is 0 Å². The predicted molar refractivity (Wildman–Crippen MR) is 76.1 cm³/mol. The van der Waals surface area contributed by atoms with Crippen molar-refractivity contribution in [3.8, 4) is 0 Å². The van der Waals surface area contributed by atoms with Crippen LogP contribution in [0, 0.1) is 0 Å². The van der Waals surface area contributed by atoms with Crippen LogP contribution in [0.15, 0.2) is 30.3 Å². The molecule has 0 atom stereocenters. The molecule has 1 aromatic carbocycles. The third-order valence-corrected chi connectivity index (χ3v) is 3.15. The lowest BCUT2D eigenvalue weighted by Crippen LogP contribution is -2.43. The third kappa shape index (κ3) is 3.94. The molecule has 0 heterocycles. The molecule has 0 fully saturated rings. The second-order valence-electron chi connectivity index (χ2n) is 4.34. The van der Waals surface area contributed by atoms with E-state index in [1.54, 1.807) is 30.3 Å². The van der Waals surface area contributed by atoms with E-state index in [1.165, 1.54) is 0 Å². The Kier molecular flexibility index (Phi) is 7.71. The van der Waals surface area contributed by atoms with Crippen molar-refractivity contribution in [1.29, 1.82) is 0 Å². The van der Waals surface area contributed by atoms with Gasteiger partial charge in [-0.1, -0.05) is 56.5 Å². The Morgan fingerprint density at radius 1 is 1.05 bits per heavy atom. The van der Waals surface area contributed by atoms with Gasteiger partial charge in [-0.15, -0.1) is 0 Å². The maximum absolute atomic E-state index is 11.5. The Hall–Kier alpha value is -1.07. The first-order chi connectivity index (χ1) is 8.55.